The van der Waals surface area contributed by atoms with Crippen LogP contribution in [0.25, 0.3) is 0 Å². The van der Waals surface area contributed by atoms with E-state index in [9.17, 15) is 13.2 Å². The molecule has 0 radical (unpaired) electrons. The first-order valence-electron chi connectivity index (χ1n) is 10.3. The lowest BCUT2D eigenvalue weighted by Gasteiger charge is -2.35. The van der Waals surface area contributed by atoms with Gasteiger partial charge in [-0.05, 0) is 36.4 Å². The summed E-state index contributed by atoms with van der Waals surface area (Å²) in [6, 6.07) is 9.27. The topological polar surface area (TPSA) is 69.7 Å². The molecule has 0 spiro atoms. The first-order valence-corrected chi connectivity index (χ1v) is 13.0. The lowest BCUT2D eigenvalue weighted by Crippen LogP contribution is -2.49. The molecule has 1 saturated carbocycles. The highest BCUT2D eigenvalue weighted by Gasteiger charge is 2.33. The van der Waals surface area contributed by atoms with E-state index in [1.165, 1.54) is 22.1 Å². The minimum atomic E-state index is -3.73. The molecule has 1 aromatic heterocycles. The van der Waals surface area contributed by atoms with Crippen molar-refractivity contribution in [2.75, 3.05) is 31.1 Å². The Kier molecular flexibility index (Phi) is 6.67. The average molecular weight is 468 g/mol. The first-order chi connectivity index (χ1) is 14.5. The summed E-state index contributed by atoms with van der Waals surface area (Å²) in [5.74, 6) is -0.273. The number of hydrogen-bond donors (Lipinski definition) is 1. The molecular formula is C21H26ClN3O3S2. The fraction of sp³-hybridized carbons (Fsp3) is 0.476. The second-order valence-corrected chi connectivity index (χ2v) is 11.0. The number of thiophene rings is 1. The van der Waals surface area contributed by atoms with E-state index in [0.29, 0.717) is 31.2 Å². The maximum Gasteiger partial charge on any atom is 0.262 e. The number of carbonyl (C=O) groups is 1. The number of carbonyl (C=O) groups excluding carboxylic acids is 1. The molecule has 1 aliphatic heterocycles. The lowest BCUT2D eigenvalue weighted by atomic mass is 9.95. The largest absolute Gasteiger partial charge is 0.368 e. The van der Waals surface area contributed by atoms with Crippen molar-refractivity contribution < 1.29 is 13.2 Å². The summed E-state index contributed by atoms with van der Waals surface area (Å²) >= 11 is 7.47. The Balaban J connectivity index is 1.45. The molecule has 2 fully saturated rings. The minimum Gasteiger partial charge on any atom is -0.368 e. The third-order valence-corrected chi connectivity index (χ3v) is 9.13. The Labute approximate surface area is 186 Å². The molecule has 2 aromatic rings. The van der Waals surface area contributed by atoms with Crippen LogP contribution in [0.15, 0.2) is 40.6 Å². The fourth-order valence-electron chi connectivity index (χ4n) is 4.18. The van der Waals surface area contributed by atoms with Gasteiger partial charge in [-0.15, -0.1) is 11.3 Å². The van der Waals surface area contributed by atoms with Crippen molar-refractivity contribution in [3.05, 3.63) is 45.6 Å². The van der Waals surface area contributed by atoms with Crippen molar-refractivity contribution in [2.24, 2.45) is 0 Å². The van der Waals surface area contributed by atoms with Gasteiger partial charge in [-0.1, -0.05) is 43.0 Å². The number of halogens is 1. The summed E-state index contributed by atoms with van der Waals surface area (Å²) < 4.78 is 28.0. The summed E-state index contributed by atoms with van der Waals surface area (Å²) in [5, 5.41) is 5.38. The number of nitrogens with zero attached hydrogens (tertiary/aromatic N) is 2. The van der Waals surface area contributed by atoms with Crippen LogP contribution < -0.4 is 10.2 Å². The second kappa shape index (κ2) is 9.26. The number of para-hydroxylation sites is 1. The maximum absolute atomic E-state index is 13.3. The van der Waals surface area contributed by atoms with Gasteiger partial charge in [-0.3, -0.25) is 4.79 Å². The Hall–Kier alpha value is -1.61. The van der Waals surface area contributed by atoms with Gasteiger partial charge in [0.15, 0.2) is 0 Å². The molecule has 6 nitrogen and oxygen atoms in total. The summed E-state index contributed by atoms with van der Waals surface area (Å²) in [4.78, 5) is 15.3. The van der Waals surface area contributed by atoms with E-state index in [2.05, 4.69) is 10.2 Å². The van der Waals surface area contributed by atoms with E-state index >= 15 is 0 Å². The normalized spacial score (nSPS) is 19.0. The average Bonchev–Trinajstić information content (AvgIpc) is 3.26. The van der Waals surface area contributed by atoms with Crippen molar-refractivity contribution >= 4 is 44.6 Å². The molecule has 1 aromatic carbocycles. The van der Waals surface area contributed by atoms with Crippen molar-refractivity contribution in [1.29, 1.82) is 0 Å². The summed E-state index contributed by atoms with van der Waals surface area (Å²) in [5.41, 5.74) is 0.916. The Bertz CT molecular complexity index is 994. The van der Waals surface area contributed by atoms with Crippen LogP contribution in [0.3, 0.4) is 0 Å². The third-order valence-electron chi connectivity index (χ3n) is 5.83. The zero-order valence-corrected chi connectivity index (χ0v) is 19.1. The van der Waals surface area contributed by atoms with Crippen molar-refractivity contribution in [1.82, 2.24) is 9.62 Å². The van der Waals surface area contributed by atoms with Crippen molar-refractivity contribution in [2.45, 2.75) is 43.0 Å². The molecular weight excluding hydrogens is 442 g/mol. The zero-order chi connectivity index (χ0) is 21.1. The Morgan fingerprint density at radius 2 is 1.73 bits per heavy atom. The van der Waals surface area contributed by atoms with Gasteiger partial charge in [0.2, 0.25) is 10.0 Å². The number of amides is 1. The van der Waals surface area contributed by atoms with Gasteiger partial charge >= 0.3 is 0 Å². The molecule has 0 atom stereocenters. The van der Waals surface area contributed by atoms with Gasteiger partial charge < -0.3 is 10.2 Å². The van der Waals surface area contributed by atoms with E-state index in [-0.39, 0.29) is 21.7 Å². The van der Waals surface area contributed by atoms with E-state index in [4.69, 9.17) is 11.6 Å². The minimum absolute atomic E-state index is 0.118. The molecule has 1 aliphatic carbocycles. The summed E-state index contributed by atoms with van der Waals surface area (Å²) in [6.07, 6.45) is 5.34. The molecule has 2 heterocycles. The molecule has 1 N–H and O–H groups in total. The van der Waals surface area contributed by atoms with Crippen molar-refractivity contribution in [3.8, 4) is 0 Å². The van der Waals surface area contributed by atoms with Gasteiger partial charge in [0, 0.05) is 32.2 Å². The standard InChI is InChI=1S/C21H26ClN3O3S2/c22-17-8-4-5-9-18(17)24-11-13-25(14-12-24)30(27,28)19-10-15-29-20(19)21(26)23-16-6-2-1-3-7-16/h4-5,8-10,15-16H,1-3,6-7,11-14H2,(H,23,26). The third kappa shape index (κ3) is 4.51. The fourth-order valence-corrected chi connectivity index (χ4v) is 7.16. The van der Waals surface area contributed by atoms with Crippen LogP contribution in [-0.4, -0.2) is 50.9 Å². The van der Waals surface area contributed by atoms with Crippen LogP contribution in [0, 0.1) is 0 Å². The number of benzene rings is 1. The van der Waals surface area contributed by atoms with Crippen LogP contribution in [0.1, 0.15) is 41.8 Å². The second-order valence-electron chi connectivity index (χ2n) is 7.76. The van der Waals surface area contributed by atoms with Crippen LogP contribution >= 0.6 is 22.9 Å². The Morgan fingerprint density at radius 1 is 1.03 bits per heavy atom. The molecule has 0 bridgehead atoms. The smallest absolute Gasteiger partial charge is 0.262 e. The quantitative estimate of drug-likeness (QED) is 0.722. The molecule has 4 rings (SSSR count). The molecule has 9 heteroatoms. The van der Waals surface area contributed by atoms with Crippen molar-refractivity contribution in [3.63, 3.8) is 0 Å². The number of piperazine rings is 1. The van der Waals surface area contributed by atoms with Gasteiger partial charge in [0.05, 0.1) is 10.7 Å². The number of sulfonamides is 1. The number of anilines is 1. The van der Waals surface area contributed by atoms with E-state index in [0.717, 1.165) is 31.4 Å². The number of rotatable bonds is 5. The van der Waals surface area contributed by atoms with Gasteiger partial charge in [0.1, 0.15) is 9.77 Å². The van der Waals surface area contributed by atoms with Gasteiger partial charge in [-0.2, -0.15) is 4.31 Å². The molecule has 0 unspecified atom stereocenters. The van der Waals surface area contributed by atoms with Crippen LogP contribution in [-0.2, 0) is 10.0 Å². The van der Waals surface area contributed by atoms with Crippen LogP contribution in [0.4, 0.5) is 5.69 Å². The predicted molar refractivity (Wildman–Crippen MR) is 121 cm³/mol. The van der Waals surface area contributed by atoms with Crippen LogP contribution in [0.2, 0.25) is 5.02 Å². The SMILES string of the molecule is O=C(NC1CCCCC1)c1sccc1S(=O)(=O)N1CCN(c2ccccc2Cl)CC1. The number of hydrogen-bond acceptors (Lipinski definition) is 5. The highest BCUT2D eigenvalue weighted by Crippen LogP contribution is 2.30. The highest BCUT2D eigenvalue weighted by molar-refractivity contribution is 7.89. The van der Waals surface area contributed by atoms with Gasteiger partial charge in [0.25, 0.3) is 5.91 Å². The molecule has 2 aliphatic rings. The van der Waals surface area contributed by atoms with Crippen LogP contribution in [0.5, 0.6) is 0 Å². The zero-order valence-electron chi connectivity index (χ0n) is 16.7. The highest BCUT2D eigenvalue weighted by atomic mass is 35.5. The monoisotopic (exact) mass is 467 g/mol. The summed E-state index contributed by atoms with van der Waals surface area (Å²) in [6.45, 7) is 1.81. The first kappa shape index (κ1) is 21.6. The van der Waals surface area contributed by atoms with Gasteiger partial charge in [-0.25, -0.2) is 8.42 Å². The number of nitrogens with one attached hydrogen (secondary N) is 1. The predicted octanol–water partition coefficient (Wildman–Crippen LogP) is 3.97. The molecule has 30 heavy (non-hydrogen) atoms. The molecule has 1 saturated heterocycles. The lowest BCUT2D eigenvalue weighted by molar-refractivity contribution is 0.0928. The molecule has 162 valence electrons. The molecule has 1 amide bonds. The summed E-state index contributed by atoms with van der Waals surface area (Å²) in [7, 11) is -3.73. The van der Waals surface area contributed by atoms with E-state index < -0.39 is 10.0 Å². The van der Waals surface area contributed by atoms with E-state index in [1.807, 2.05) is 24.3 Å². The van der Waals surface area contributed by atoms with E-state index in [1.54, 1.807) is 11.4 Å². The maximum atomic E-state index is 13.3. The Morgan fingerprint density at radius 3 is 2.43 bits per heavy atom.